The fourth-order valence-corrected chi connectivity index (χ4v) is 4.91. The molecule has 1 heterocycles. The van der Waals surface area contributed by atoms with Crippen molar-refractivity contribution in [3.8, 4) is 0 Å². The van der Waals surface area contributed by atoms with E-state index in [0.717, 1.165) is 30.6 Å². The van der Waals surface area contributed by atoms with Gasteiger partial charge in [0.25, 0.3) is 0 Å². The van der Waals surface area contributed by atoms with E-state index in [1.54, 1.807) is 0 Å². The highest BCUT2D eigenvalue weighted by atomic mass is 15.2. The summed E-state index contributed by atoms with van der Waals surface area (Å²) in [4.78, 5) is 2.94. The van der Waals surface area contributed by atoms with Crippen molar-refractivity contribution >= 4 is 0 Å². The van der Waals surface area contributed by atoms with Crippen molar-refractivity contribution in [3.05, 3.63) is 0 Å². The predicted molar refractivity (Wildman–Crippen MR) is 76.8 cm³/mol. The highest BCUT2D eigenvalue weighted by Gasteiger charge is 2.40. The molecule has 2 saturated carbocycles. The van der Waals surface area contributed by atoms with Gasteiger partial charge in [-0.2, -0.15) is 0 Å². The largest absolute Gasteiger partial charge is 0.313 e. The topological polar surface area (TPSA) is 15.3 Å². The van der Waals surface area contributed by atoms with E-state index in [0.29, 0.717) is 0 Å². The van der Waals surface area contributed by atoms with Gasteiger partial charge in [0.2, 0.25) is 0 Å². The summed E-state index contributed by atoms with van der Waals surface area (Å²) in [5.74, 6) is 1.04. The molecule has 0 aromatic rings. The van der Waals surface area contributed by atoms with Crippen LogP contribution in [0.4, 0.5) is 0 Å². The Morgan fingerprint density at radius 3 is 2.56 bits per heavy atom. The van der Waals surface area contributed by atoms with Crippen molar-refractivity contribution in [2.75, 3.05) is 13.1 Å². The Kier molecular flexibility index (Phi) is 4.25. The first-order valence-electron chi connectivity index (χ1n) is 8.39. The number of likely N-dealkylation sites (tertiary alicyclic amines) is 1. The fraction of sp³-hybridized carbons (Fsp3) is 1.00. The molecule has 4 unspecified atom stereocenters. The molecule has 3 fully saturated rings. The molecule has 1 saturated heterocycles. The highest BCUT2D eigenvalue weighted by molar-refractivity contribution is 4.97. The number of rotatable bonds is 3. The van der Waals surface area contributed by atoms with Gasteiger partial charge in [-0.1, -0.05) is 26.2 Å². The summed E-state index contributed by atoms with van der Waals surface area (Å²) >= 11 is 0. The van der Waals surface area contributed by atoms with Gasteiger partial charge >= 0.3 is 0 Å². The first-order chi connectivity index (χ1) is 8.90. The zero-order valence-corrected chi connectivity index (χ0v) is 12.0. The monoisotopic (exact) mass is 250 g/mol. The Labute approximate surface area is 113 Å². The van der Waals surface area contributed by atoms with E-state index >= 15 is 0 Å². The molecule has 3 rings (SSSR count). The third kappa shape index (κ3) is 2.46. The minimum absolute atomic E-state index is 0.788. The van der Waals surface area contributed by atoms with Crippen LogP contribution in [0, 0.1) is 5.92 Å². The van der Waals surface area contributed by atoms with E-state index < -0.39 is 0 Å². The summed E-state index contributed by atoms with van der Waals surface area (Å²) in [5, 5.41) is 3.75. The number of hydrogen-bond acceptors (Lipinski definition) is 2. The van der Waals surface area contributed by atoms with Crippen molar-refractivity contribution in [2.24, 2.45) is 5.92 Å². The molecular formula is C16H30N2. The van der Waals surface area contributed by atoms with Crippen LogP contribution in [-0.2, 0) is 0 Å². The molecule has 0 radical (unpaired) electrons. The van der Waals surface area contributed by atoms with Gasteiger partial charge in [0.1, 0.15) is 0 Å². The minimum atomic E-state index is 0.788. The lowest BCUT2D eigenvalue weighted by molar-refractivity contribution is 0.0192. The third-order valence-corrected chi connectivity index (χ3v) is 5.66. The maximum absolute atomic E-state index is 3.75. The van der Waals surface area contributed by atoms with Gasteiger partial charge < -0.3 is 5.32 Å². The van der Waals surface area contributed by atoms with E-state index in [4.69, 9.17) is 0 Å². The Morgan fingerprint density at radius 1 is 0.889 bits per heavy atom. The molecule has 0 amide bonds. The smallest absolute Gasteiger partial charge is 0.0252 e. The SMILES string of the molecule is CCNC1CCCC1N1CCCC2CCCCC21. The third-order valence-electron chi connectivity index (χ3n) is 5.66. The van der Waals surface area contributed by atoms with Crippen molar-refractivity contribution < 1.29 is 0 Å². The normalized spacial score (nSPS) is 41.8. The Morgan fingerprint density at radius 2 is 1.67 bits per heavy atom. The Bertz CT molecular complexity index is 264. The van der Waals surface area contributed by atoms with Crippen LogP contribution in [0.5, 0.6) is 0 Å². The molecule has 0 bridgehead atoms. The minimum Gasteiger partial charge on any atom is -0.313 e. The molecule has 104 valence electrons. The molecule has 0 spiro atoms. The van der Waals surface area contributed by atoms with Crippen LogP contribution < -0.4 is 5.32 Å². The van der Waals surface area contributed by atoms with Gasteiger partial charge in [-0.3, -0.25) is 4.90 Å². The Balaban J connectivity index is 1.69. The van der Waals surface area contributed by atoms with Crippen LogP contribution >= 0.6 is 0 Å². The molecule has 2 aliphatic carbocycles. The van der Waals surface area contributed by atoms with Crippen molar-refractivity contribution in [2.45, 2.75) is 82.8 Å². The predicted octanol–water partition coefficient (Wildman–Crippen LogP) is 3.17. The molecular weight excluding hydrogens is 220 g/mol. The molecule has 18 heavy (non-hydrogen) atoms. The molecule has 2 nitrogen and oxygen atoms in total. The lowest BCUT2D eigenvalue weighted by Gasteiger charge is -2.48. The highest BCUT2D eigenvalue weighted by Crippen LogP contribution is 2.39. The number of hydrogen-bond donors (Lipinski definition) is 1. The summed E-state index contributed by atoms with van der Waals surface area (Å²) in [5.41, 5.74) is 0. The maximum atomic E-state index is 3.75. The quantitative estimate of drug-likeness (QED) is 0.827. The second-order valence-corrected chi connectivity index (χ2v) is 6.65. The standard InChI is InChI=1S/C16H30N2/c1-2-17-14-9-5-11-16(14)18-12-6-8-13-7-3-4-10-15(13)18/h13-17H,2-12H2,1H3. The van der Waals surface area contributed by atoms with Gasteiger partial charge in [0.05, 0.1) is 0 Å². The van der Waals surface area contributed by atoms with Crippen molar-refractivity contribution in [1.82, 2.24) is 10.2 Å². The summed E-state index contributed by atoms with van der Waals surface area (Å²) in [6, 6.07) is 2.59. The number of nitrogens with zero attached hydrogens (tertiary/aromatic N) is 1. The molecule has 0 aromatic heterocycles. The summed E-state index contributed by atoms with van der Waals surface area (Å²) in [6.45, 7) is 4.78. The Hall–Kier alpha value is -0.0800. The zero-order valence-electron chi connectivity index (χ0n) is 12.0. The lowest BCUT2D eigenvalue weighted by atomic mass is 9.77. The van der Waals surface area contributed by atoms with Gasteiger partial charge in [0.15, 0.2) is 0 Å². The lowest BCUT2D eigenvalue weighted by Crippen LogP contribution is -2.56. The summed E-state index contributed by atoms with van der Waals surface area (Å²) in [7, 11) is 0. The molecule has 1 N–H and O–H groups in total. The van der Waals surface area contributed by atoms with Crippen molar-refractivity contribution in [1.29, 1.82) is 0 Å². The van der Waals surface area contributed by atoms with Crippen LogP contribution in [0.25, 0.3) is 0 Å². The number of fused-ring (bicyclic) bond motifs is 1. The number of likely N-dealkylation sites (N-methyl/N-ethyl adjacent to an activating group) is 1. The first kappa shape index (κ1) is 12.9. The van der Waals surface area contributed by atoms with Crippen LogP contribution in [0.15, 0.2) is 0 Å². The number of nitrogens with one attached hydrogen (secondary N) is 1. The van der Waals surface area contributed by atoms with E-state index in [-0.39, 0.29) is 0 Å². The van der Waals surface area contributed by atoms with Crippen LogP contribution in [0.1, 0.15) is 64.7 Å². The molecule has 1 aliphatic heterocycles. The second-order valence-electron chi connectivity index (χ2n) is 6.65. The molecule has 3 aliphatic rings. The van der Waals surface area contributed by atoms with Crippen LogP contribution in [-0.4, -0.2) is 36.1 Å². The molecule has 4 atom stereocenters. The van der Waals surface area contributed by atoms with Gasteiger partial charge in [-0.15, -0.1) is 0 Å². The summed E-state index contributed by atoms with van der Waals surface area (Å²) < 4.78 is 0. The van der Waals surface area contributed by atoms with Gasteiger partial charge in [-0.25, -0.2) is 0 Å². The summed E-state index contributed by atoms with van der Waals surface area (Å²) in [6.07, 6.45) is 13.2. The van der Waals surface area contributed by atoms with Crippen LogP contribution in [0.3, 0.4) is 0 Å². The van der Waals surface area contributed by atoms with Crippen molar-refractivity contribution in [3.63, 3.8) is 0 Å². The average Bonchev–Trinajstić information content (AvgIpc) is 2.87. The average molecular weight is 250 g/mol. The van der Waals surface area contributed by atoms with Gasteiger partial charge in [-0.05, 0) is 57.5 Å². The number of piperidine rings is 1. The van der Waals surface area contributed by atoms with Gasteiger partial charge in [0, 0.05) is 18.1 Å². The molecule has 0 aromatic carbocycles. The zero-order chi connectivity index (χ0) is 12.4. The van der Waals surface area contributed by atoms with E-state index in [1.807, 2.05) is 0 Å². The van der Waals surface area contributed by atoms with Crippen LogP contribution in [0.2, 0.25) is 0 Å². The molecule has 2 heteroatoms. The fourth-order valence-electron chi connectivity index (χ4n) is 4.91. The first-order valence-corrected chi connectivity index (χ1v) is 8.39. The van der Waals surface area contributed by atoms with E-state index in [9.17, 15) is 0 Å². The second kappa shape index (κ2) is 5.92. The maximum Gasteiger partial charge on any atom is 0.0252 e. The van der Waals surface area contributed by atoms with E-state index in [1.165, 1.54) is 64.3 Å². The van der Waals surface area contributed by atoms with E-state index in [2.05, 4.69) is 17.1 Å².